The van der Waals surface area contributed by atoms with Crippen molar-refractivity contribution >= 4 is 34.8 Å². The third-order valence-electron chi connectivity index (χ3n) is 4.57. The lowest BCUT2D eigenvalue weighted by Gasteiger charge is -2.13. The molecule has 3 N–H and O–H groups in total. The average molecular weight is 395 g/mol. The SMILES string of the molecule is CC(=O)Nc1ccc(/C=N/Nc2ncnc3c2ncn3[C@H]2CC[C@@H](CO)O2)cc1. The number of carbonyl (C=O) groups excluding carboxylic acids is 1. The van der Waals surface area contributed by atoms with Gasteiger partial charge in [0, 0.05) is 12.6 Å². The van der Waals surface area contributed by atoms with E-state index in [2.05, 4.69) is 30.8 Å². The summed E-state index contributed by atoms with van der Waals surface area (Å²) >= 11 is 0. The Labute approximate surface area is 166 Å². The molecule has 2 atom stereocenters. The lowest BCUT2D eigenvalue weighted by Crippen LogP contribution is -2.14. The molecule has 150 valence electrons. The summed E-state index contributed by atoms with van der Waals surface area (Å²) in [7, 11) is 0. The topological polar surface area (TPSA) is 127 Å². The molecule has 0 aliphatic carbocycles. The first-order valence-electron chi connectivity index (χ1n) is 9.24. The fourth-order valence-corrected chi connectivity index (χ4v) is 3.19. The molecule has 1 aliphatic heterocycles. The zero-order valence-corrected chi connectivity index (χ0v) is 15.8. The van der Waals surface area contributed by atoms with E-state index in [0.717, 1.165) is 24.1 Å². The maximum Gasteiger partial charge on any atom is 0.221 e. The highest BCUT2D eigenvalue weighted by Gasteiger charge is 2.27. The van der Waals surface area contributed by atoms with Gasteiger partial charge in [0.1, 0.15) is 12.6 Å². The number of ether oxygens (including phenoxy) is 1. The summed E-state index contributed by atoms with van der Waals surface area (Å²) in [4.78, 5) is 24.0. The van der Waals surface area contributed by atoms with Gasteiger partial charge in [0.25, 0.3) is 0 Å². The Morgan fingerprint density at radius 2 is 2.14 bits per heavy atom. The minimum atomic E-state index is -0.203. The highest BCUT2D eigenvalue weighted by molar-refractivity contribution is 5.89. The van der Waals surface area contributed by atoms with Gasteiger partial charge in [-0.05, 0) is 30.5 Å². The molecule has 0 unspecified atom stereocenters. The number of hydrazone groups is 1. The second-order valence-electron chi connectivity index (χ2n) is 6.69. The van der Waals surface area contributed by atoms with Crippen molar-refractivity contribution in [1.82, 2.24) is 19.5 Å². The molecule has 1 fully saturated rings. The summed E-state index contributed by atoms with van der Waals surface area (Å²) in [6, 6.07) is 7.29. The number of carbonyl (C=O) groups is 1. The summed E-state index contributed by atoms with van der Waals surface area (Å²) in [5.41, 5.74) is 5.71. The molecule has 0 saturated carbocycles. The van der Waals surface area contributed by atoms with Crippen LogP contribution >= 0.6 is 0 Å². The van der Waals surface area contributed by atoms with E-state index in [1.807, 2.05) is 16.7 Å². The number of anilines is 2. The molecular weight excluding hydrogens is 374 g/mol. The van der Waals surface area contributed by atoms with Crippen molar-refractivity contribution in [3.8, 4) is 0 Å². The van der Waals surface area contributed by atoms with E-state index in [0.29, 0.717) is 17.0 Å². The Balaban J connectivity index is 1.47. The molecule has 1 amide bonds. The molecule has 0 spiro atoms. The van der Waals surface area contributed by atoms with Crippen molar-refractivity contribution in [2.24, 2.45) is 5.10 Å². The van der Waals surface area contributed by atoms with Gasteiger partial charge >= 0.3 is 0 Å². The largest absolute Gasteiger partial charge is 0.394 e. The van der Waals surface area contributed by atoms with Gasteiger partial charge in [-0.15, -0.1) is 0 Å². The van der Waals surface area contributed by atoms with Gasteiger partial charge in [-0.1, -0.05) is 12.1 Å². The van der Waals surface area contributed by atoms with Gasteiger partial charge in [-0.25, -0.2) is 15.0 Å². The molecule has 4 rings (SSSR count). The van der Waals surface area contributed by atoms with Gasteiger partial charge in [-0.3, -0.25) is 14.8 Å². The fourth-order valence-electron chi connectivity index (χ4n) is 3.19. The fraction of sp³-hybridized carbons (Fsp3) is 0.316. The van der Waals surface area contributed by atoms with Gasteiger partial charge in [0.15, 0.2) is 17.0 Å². The van der Waals surface area contributed by atoms with Crippen molar-refractivity contribution in [3.05, 3.63) is 42.5 Å². The van der Waals surface area contributed by atoms with Crippen molar-refractivity contribution in [3.63, 3.8) is 0 Å². The summed E-state index contributed by atoms with van der Waals surface area (Å²) in [5, 5.41) is 16.2. The van der Waals surface area contributed by atoms with Crippen LogP contribution in [0.3, 0.4) is 0 Å². The summed E-state index contributed by atoms with van der Waals surface area (Å²) < 4.78 is 7.66. The number of aromatic nitrogens is 4. The molecule has 0 bridgehead atoms. The Bertz CT molecular complexity index is 1030. The third kappa shape index (κ3) is 4.23. The van der Waals surface area contributed by atoms with E-state index in [4.69, 9.17) is 4.74 Å². The van der Waals surface area contributed by atoms with Gasteiger partial charge < -0.3 is 15.2 Å². The van der Waals surface area contributed by atoms with Crippen LogP contribution in [-0.2, 0) is 9.53 Å². The van der Waals surface area contributed by atoms with Crippen molar-refractivity contribution in [2.45, 2.75) is 32.1 Å². The summed E-state index contributed by atoms with van der Waals surface area (Å²) in [6.07, 6.45) is 5.98. The summed E-state index contributed by atoms with van der Waals surface area (Å²) in [5.74, 6) is 0.367. The third-order valence-corrected chi connectivity index (χ3v) is 4.57. The Morgan fingerprint density at radius 3 is 2.86 bits per heavy atom. The quantitative estimate of drug-likeness (QED) is 0.430. The Kier molecular flexibility index (Phi) is 5.45. The van der Waals surface area contributed by atoms with Gasteiger partial charge in [-0.2, -0.15) is 5.10 Å². The van der Waals surface area contributed by atoms with Crippen LogP contribution in [0, 0.1) is 0 Å². The maximum absolute atomic E-state index is 11.1. The van der Waals surface area contributed by atoms with Crippen LogP contribution in [0.1, 0.15) is 31.6 Å². The van der Waals surface area contributed by atoms with E-state index in [-0.39, 0.29) is 24.8 Å². The molecule has 10 heteroatoms. The molecule has 1 aliphatic rings. The average Bonchev–Trinajstić information content (AvgIpc) is 3.36. The number of hydrogen-bond acceptors (Lipinski definition) is 8. The van der Waals surface area contributed by atoms with Crippen LogP contribution in [0.5, 0.6) is 0 Å². The number of aliphatic hydroxyl groups is 1. The molecule has 2 aromatic heterocycles. The van der Waals surface area contributed by atoms with Crippen LogP contribution < -0.4 is 10.7 Å². The van der Waals surface area contributed by atoms with E-state index in [9.17, 15) is 9.90 Å². The van der Waals surface area contributed by atoms with Gasteiger partial charge in [0.05, 0.1) is 25.3 Å². The maximum atomic E-state index is 11.1. The molecule has 3 heterocycles. The Hall–Kier alpha value is -3.37. The first-order valence-corrected chi connectivity index (χ1v) is 9.24. The standard InChI is InChI=1S/C19H21N7O3/c1-12(28)24-14-4-2-13(3-5-14)8-23-25-18-17-19(21-10-20-18)26(11-22-17)16-7-6-15(9-27)29-16/h2-5,8,10-11,15-16,27H,6-7,9H2,1H3,(H,24,28)(H,20,21,25)/b23-8+/t15-,16+/m0/s1. The highest BCUT2D eigenvalue weighted by Crippen LogP contribution is 2.31. The minimum absolute atomic E-state index is 0.00538. The molecule has 3 aromatic rings. The monoisotopic (exact) mass is 395 g/mol. The molecule has 10 nitrogen and oxygen atoms in total. The number of aliphatic hydroxyl groups excluding tert-OH is 1. The highest BCUT2D eigenvalue weighted by atomic mass is 16.5. The number of rotatable bonds is 6. The number of nitrogens with zero attached hydrogens (tertiary/aromatic N) is 5. The Morgan fingerprint density at radius 1 is 1.31 bits per heavy atom. The first kappa shape index (κ1) is 19.0. The zero-order chi connectivity index (χ0) is 20.2. The number of hydrogen-bond donors (Lipinski definition) is 3. The number of fused-ring (bicyclic) bond motifs is 1. The predicted molar refractivity (Wildman–Crippen MR) is 108 cm³/mol. The summed E-state index contributed by atoms with van der Waals surface area (Å²) in [6.45, 7) is 1.47. The van der Waals surface area contributed by atoms with Crippen LogP contribution in [-0.4, -0.2) is 49.5 Å². The zero-order valence-electron chi connectivity index (χ0n) is 15.8. The predicted octanol–water partition coefficient (Wildman–Crippen LogP) is 1.90. The number of amides is 1. The van der Waals surface area contributed by atoms with Crippen molar-refractivity contribution in [1.29, 1.82) is 0 Å². The molecular formula is C19H21N7O3. The van der Waals surface area contributed by atoms with E-state index < -0.39 is 0 Å². The second-order valence-corrected chi connectivity index (χ2v) is 6.69. The minimum Gasteiger partial charge on any atom is -0.394 e. The number of imidazole rings is 1. The first-order chi connectivity index (χ1) is 14.1. The normalized spacial score (nSPS) is 19.1. The lowest BCUT2D eigenvalue weighted by atomic mass is 10.2. The molecule has 0 radical (unpaired) electrons. The van der Waals surface area contributed by atoms with Crippen molar-refractivity contribution < 1.29 is 14.6 Å². The molecule has 1 aromatic carbocycles. The van der Waals surface area contributed by atoms with Crippen LogP contribution in [0.15, 0.2) is 42.0 Å². The smallest absolute Gasteiger partial charge is 0.221 e. The van der Waals surface area contributed by atoms with Crippen molar-refractivity contribution in [2.75, 3.05) is 17.3 Å². The number of nitrogens with one attached hydrogen (secondary N) is 2. The van der Waals surface area contributed by atoms with E-state index >= 15 is 0 Å². The second kappa shape index (κ2) is 8.33. The van der Waals surface area contributed by atoms with Gasteiger partial charge in [0.2, 0.25) is 5.91 Å². The lowest BCUT2D eigenvalue weighted by molar-refractivity contribution is -0.114. The molecule has 29 heavy (non-hydrogen) atoms. The van der Waals surface area contributed by atoms with E-state index in [1.54, 1.807) is 24.7 Å². The number of benzene rings is 1. The molecule has 1 saturated heterocycles. The van der Waals surface area contributed by atoms with E-state index in [1.165, 1.54) is 13.3 Å². The van der Waals surface area contributed by atoms with Crippen LogP contribution in [0.2, 0.25) is 0 Å². The van der Waals surface area contributed by atoms with Crippen LogP contribution in [0.25, 0.3) is 11.2 Å². The van der Waals surface area contributed by atoms with Crippen LogP contribution in [0.4, 0.5) is 11.5 Å².